The molecule has 1 fully saturated rings. The van der Waals surface area contributed by atoms with Crippen LogP contribution in [0.4, 0.5) is 0 Å². The highest BCUT2D eigenvalue weighted by Crippen LogP contribution is 2.20. The first-order valence-corrected chi connectivity index (χ1v) is 6.35. The Hall–Kier alpha value is -0.300. The lowest BCUT2D eigenvalue weighted by Crippen LogP contribution is -2.27. The maximum atomic E-state index is 2.69. The predicted octanol–water partition coefficient (Wildman–Crippen LogP) is 3.36. The maximum absolute atomic E-state index is 2.69. The van der Waals surface area contributed by atoms with E-state index in [-0.39, 0.29) is 0 Å². The molecule has 1 nitrogen and oxygen atoms in total. The molecule has 2 heterocycles. The monoisotopic (exact) mass is 193 g/mol. The van der Waals surface area contributed by atoms with Gasteiger partial charge in [0.2, 0.25) is 0 Å². The molecule has 80 valence electrons. The zero-order valence-corrected chi connectivity index (χ0v) is 9.30. The van der Waals surface area contributed by atoms with Gasteiger partial charge in [-0.05, 0) is 71.0 Å². The third-order valence-electron chi connectivity index (χ3n) is 3.56. The van der Waals surface area contributed by atoms with Gasteiger partial charge in [-0.15, -0.1) is 0 Å². The van der Waals surface area contributed by atoms with E-state index < -0.39 is 0 Å². The molecule has 2 rings (SSSR count). The van der Waals surface area contributed by atoms with Crippen LogP contribution in [0.5, 0.6) is 0 Å². The van der Waals surface area contributed by atoms with Gasteiger partial charge in [-0.25, -0.2) is 0 Å². The smallest absolute Gasteiger partial charge is 0.00157 e. The molecule has 0 N–H and O–H groups in total. The number of rotatable bonds is 0. The van der Waals surface area contributed by atoms with Gasteiger partial charge in [0.15, 0.2) is 0 Å². The van der Waals surface area contributed by atoms with Crippen LogP contribution in [0.1, 0.15) is 51.4 Å². The molecule has 0 aliphatic carbocycles. The van der Waals surface area contributed by atoms with Crippen molar-refractivity contribution < 1.29 is 0 Å². The van der Waals surface area contributed by atoms with E-state index in [1.165, 1.54) is 71.0 Å². The van der Waals surface area contributed by atoms with E-state index in [1.807, 2.05) is 0 Å². The summed E-state index contributed by atoms with van der Waals surface area (Å²) in [6, 6.07) is 0. The number of hydrogen-bond acceptors (Lipinski definition) is 1. The Morgan fingerprint density at radius 3 is 2.43 bits per heavy atom. The van der Waals surface area contributed by atoms with Crippen LogP contribution < -0.4 is 0 Å². The van der Waals surface area contributed by atoms with Crippen molar-refractivity contribution in [3.8, 4) is 0 Å². The topological polar surface area (TPSA) is 3.24 Å². The van der Waals surface area contributed by atoms with Gasteiger partial charge in [-0.3, -0.25) is 0 Å². The van der Waals surface area contributed by atoms with Crippen LogP contribution in [-0.4, -0.2) is 24.5 Å². The van der Waals surface area contributed by atoms with E-state index in [0.717, 1.165) is 0 Å². The van der Waals surface area contributed by atoms with E-state index in [9.17, 15) is 0 Å². The summed E-state index contributed by atoms with van der Waals surface area (Å²) < 4.78 is 0. The predicted molar refractivity (Wildman–Crippen MR) is 61.5 cm³/mol. The minimum absolute atomic E-state index is 1.34. The number of allylic oxidation sites excluding steroid dienone is 2. The van der Waals surface area contributed by atoms with Crippen molar-refractivity contribution in [1.29, 1.82) is 0 Å². The summed E-state index contributed by atoms with van der Waals surface area (Å²) in [6.45, 7) is 4.05. The van der Waals surface area contributed by atoms with Gasteiger partial charge in [0, 0.05) is 0 Å². The van der Waals surface area contributed by atoms with E-state index in [0.29, 0.717) is 0 Å². The highest BCUT2D eigenvalue weighted by molar-refractivity contribution is 5.02. The van der Waals surface area contributed by atoms with Gasteiger partial charge in [0.1, 0.15) is 0 Å². The lowest BCUT2D eigenvalue weighted by molar-refractivity contribution is 0.263. The number of nitrogens with zero attached hydrogens (tertiary/aromatic N) is 1. The van der Waals surface area contributed by atoms with Crippen LogP contribution in [0.3, 0.4) is 0 Å². The summed E-state index contributed by atoms with van der Waals surface area (Å²) in [5, 5.41) is 0. The third kappa shape index (κ3) is 3.13. The van der Waals surface area contributed by atoms with Crippen LogP contribution in [0.2, 0.25) is 0 Å². The molecule has 0 radical (unpaired) electrons. The molecule has 0 aromatic heterocycles. The molecule has 0 amide bonds. The van der Waals surface area contributed by atoms with Crippen LogP contribution >= 0.6 is 0 Å². The van der Waals surface area contributed by atoms with Crippen molar-refractivity contribution in [2.45, 2.75) is 51.4 Å². The third-order valence-corrected chi connectivity index (χ3v) is 3.56. The molecule has 2 aliphatic heterocycles. The lowest BCUT2D eigenvalue weighted by Gasteiger charge is -2.21. The first-order chi connectivity index (χ1) is 6.95. The molecule has 1 unspecified atom stereocenters. The lowest BCUT2D eigenvalue weighted by atomic mass is 10.0. The van der Waals surface area contributed by atoms with Crippen LogP contribution in [0, 0.1) is 0 Å². The van der Waals surface area contributed by atoms with Gasteiger partial charge >= 0.3 is 0 Å². The Morgan fingerprint density at radius 2 is 1.50 bits per heavy atom. The van der Waals surface area contributed by atoms with E-state index in [2.05, 4.69) is 11.0 Å². The maximum Gasteiger partial charge on any atom is -0.00157 e. The highest BCUT2D eigenvalue weighted by Gasteiger charge is 2.10. The Balaban J connectivity index is 2.02. The minimum atomic E-state index is 1.34. The second kappa shape index (κ2) is 5.55. The Bertz CT molecular complexity index is 193. The normalized spacial score (nSPS) is 34.0. The Labute approximate surface area is 88.2 Å². The van der Waals surface area contributed by atoms with E-state index in [4.69, 9.17) is 0 Å². The molecule has 2 bridgehead atoms. The molecular weight excluding hydrogens is 170 g/mol. The Morgan fingerprint density at radius 1 is 0.786 bits per heavy atom. The van der Waals surface area contributed by atoms with Gasteiger partial charge in [0.05, 0.1) is 0 Å². The molecule has 1 heteroatoms. The summed E-state index contributed by atoms with van der Waals surface area (Å²) in [5.74, 6) is 0. The summed E-state index contributed by atoms with van der Waals surface area (Å²) in [7, 11) is 0. The molecular formula is C13H23N. The van der Waals surface area contributed by atoms with Crippen LogP contribution in [0.15, 0.2) is 11.6 Å². The fourth-order valence-corrected chi connectivity index (χ4v) is 2.67. The summed E-state index contributed by atoms with van der Waals surface area (Å²) in [4.78, 5) is 2.69. The Kier molecular flexibility index (Phi) is 4.05. The van der Waals surface area contributed by atoms with Crippen molar-refractivity contribution in [2.24, 2.45) is 0 Å². The van der Waals surface area contributed by atoms with Crippen molar-refractivity contribution in [1.82, 2.24) is 4.90 Å². The first kappa shape index (κ1) is 10.2. The minimum Gasteiger partial charge on any atom is -0.303 e. The average molecular weight is 193 g/mol. The number of fused-ring (bicyclic) bond motifs is 4. The fourth-order valence-electron chi connectivity index (χ4n) is 2.67. The quantitative estimate of drug-likeness (QED) is 0.533. The summed E-state index contributed by atoms with van der Waals surface area (Å²) in [5.41, 5.74) is 1.76. The summed E-state index contributed by atoms with van der Waals surface area (Å²) >= 11 is 0. The number of hydrogen-bond donors (Lipinski definition) is 0. The molecule has 0 spiro atoms. The average Bonchev–Trinajstić information content (AvgIpc) is 2.28. The molecule has 0 aromatic carbocycles. The SMILES string of the molecule is C1=C2/CCCCN(CCCC/1)CCC2. The van der Waals surface area contributed by atoms with E-state index in [1.54, 1.807) is 5.57 Å². The van der Waals surface area contributed by atoms with Crippen LogP contribution in [-0.2, 0) is 0 Å². The van der Waals surface area contributed by atoms with Crippen molar-refractivity contribution in [3.05, 3.63) is 11.6 Å². The van der Waals surface area contributed by atoms with Crippen molar-refractivity contribution >= 4 is 0 Å². The molecule has 2 aliphatic rings. The van der Waals surface area contributed by atoms with Crippen LogP contribution in [0.25, 0.3) is 0 Å². The largest absolute Gasteiger partial charge is 0.303 e. The van der Waals surface area contributed by atoms with Gasteiger partial charge in [-0.1, -0.05) is 11.6 Å². The second-order valence-electron chi connectivity index (χ2n) is 4.76. The van der Waals surface area contributed by atoms with Crippen molar-refractivity contribution in [2.75, 3.05) is 19.6 Å². The highest BCUT2D eigenvalue weighted by atomic mass is 15.1. The second-order valence-corrected chi connectivity index (χ2v) is 4.76. The molecule has 1 saturated heterocycles. The van der Waals surface area contributed by atoms with E-state index >= 15 is 0 Å². The molecule has 0 saturated carbocycles. The van der Waals surface area contributed by atoms with Gasteiger partial charge in [-0.2, -0.15) is 0 Å². The van der Waals surface area contributed by atoms with Gasteiger partial charge < -0.3 is 4.90 Å². The van der Waals surface area contributed by atoms with Gasteiger partial charge in [0.25, 0.3) is 0 Å². The fraction of sp³-hybridized carbons (Fsp3) is 0.846. The zero-order chi connectivity index (χ0) is 9.64. The standard InChI is InChI=1S/C13H23N/c1-2-7-13-8-3-5-11-14(10-4-1)12-6-9-13/h7H,1-6,8-12H2/b13-7-. The summed E-state index contributed by atoms with van der Waals surface area (Å²) in [6.07, 6.45) is 13.7. The molecule has 1 atom stereocenters. The molecule has 14 heavy (non-hydrogen) atoms. The first-order valence-electron chi connectivity index (χ1n) is 6.35. The molecule has 0 aromatic rings. The zero-order valence-electron chi connectivity index (χ0n) is 9.30. The van der Waals surface area contributed by atoms with Crippen molar-refractivity contribution in [3.63, 3.8) is 0 Å².